The van der Waals surface area contributed by atoms with Crippen molar-refractivity contribution in [2.45, 2.75) is 71.6 Å². The second-order valence-corrected chi connectivity index (χ2v) is 13.9. The first-order valence-electron chi connectivity index (χ1n) is 16.4. The van der Waals surface area contributed by atoms with E-state index >= 15 is 0 Å². The Morgan fingerprint density at radius 2 is 1.64 bits per heavy atom. The van der Waals surface area contributed by atoms with E-state index < -0.39 is 0 Å². The molecule has 2 aliphatic heterocycles. The lowest BCUT2D eigenvalue weighted by Gasteiger charge is -2.26. The van der Waals surface area contributed by atoms with Crippen LogP contribution in [0.3, 0.4) is 0 Å². The predicted molar refractivity (Wildman–Crippen MR) is 196 cm³/mol. The summed E-state index contributed by atoms with van der Waals surface area (Å²) in [5.74, 6) is 0. The molecule has 45 heavy (non-hydrogen) atoms. The highest BCUT2D eigenvalue weighted by Crippen LogP contribution is 2.51. The van der Waals surface area contributed by atoms with Gasteiger partial charge in [-0.05, 0) is 92.1 Å². The van der Waals surface area contributed by atoms with Crippen molar-refractivity contribution in [3.05, 3.63) is 136 Å². The number of benzene rings is 3. The molecular weight excluding hydrogens is 568 g/mol. The normalized spacial score (nSPS) is 21.1. The third-order valence-electron chi connectivity index (χ3n) is 10.1. The summed E-state index contributed by atoms with van der Waals surface area (Å²) in [6.45, 7) is 14.6. The lowest BCUT2D eigenvalue weighted by molar-refractivity contribution is -0.401. The van der Waals surface area contributed by atoms with Crippen LogP contribution in [0.15, 0.2) is 119 Å². The highest BCUT2D eigenvalue weighted by atomic mass is 35.5. The summed E-state index contributed by atoms with van der Waals surface area (Å²) in [6.07, 6.45) is 20.8. The van der Waals surface area contributed by atoms with Crippen molar-refractivity contribution in [3.63, 3.8) is 0 Å². The minimum atomic E-state index is -0.126. The Hall–Kier alpha value is -3.88. The zero-order chi connectivity index (χ0) is 31.9. The molecule has 0 amide bonds. The predicted octanol–water partition coefficient (Wildman–Crippen LogP) is 11.3. The molecule has 1 aliphatic carbocycles. The third-order valence-corrected chi connectivity index (χ3v) is 10.5. The summed E-state index contributed by atoms with van der Waals surface area (Å²) >= 11 is 7.20. The van der Waals surface area contributed by atoms with Gasteiger partial charge >= 0.3 is 0 Å². The third kappa shape index (κ3) is 5.28. The monoisotopic (exact) mass is 613 g/mol. The maximum atomic E-state index is 7.20. The van der Waals surface area contributed by atoms with Gasteiger partial charge in [0.1, 0.15) is 7.05 Å². The summed E-state index contributed by atoms with van der Waals surface area (Å²) < 4.78 is 2.35. The average Bonchev–Trinajstić information content (AvgIpc) is 3.38. The number of rotatable bonds is 6. The van der Waals surface area contributed by atoms with E-state index in [-0.39, 0.29) is 10.8 Å². The van der Waals surface area contributed by atoms with Crippen molar-refractivity contribution in [1.82, 2.24) is 0 Å². The molecular formula is C42H46ClN2+. The number of hydrogen-bond donors (Lipinski definition) is 0. The number of fused-ring (bicyclic) bond motifs is 4. The second kappa shape index (κ2) is 12.1. The minimum absolute atomic E-state index is 0.109. The van der Waals surface area contributed by atoms with E-state index in [1.807, 2.05) is 6.92 Å². The van der Waals surface area contributed by atoms with Crippen molar-refractivity contribution in [2.75, 3.05) is 18.5 Å². The van der Waals surface area contributed by atoms with Gasteiger partial charge in [0.05, 0.1) is 5.41 Å². The number of nitrogens with zero attached hydrogens (tertiary/aromatic N) is 2. The molecule has 0 fully saturated rings. The number of likely N-dealkylation sites (N-methyl/N-ethyl adjacent to an activating group) is 1. The molecule has 0 saturated heterocycles. The SMILES string of the molecule is C/C=C\C=C/c1cccc2c1C(C)(C)C(/C=C/C1=C(Cl)C(=C/C=C3/N(CC)c4ccc5ccccc5c4C3(C)C)/CCC1)=[N+]2C. The molecule has 0 aromatic heterocycles. The van der Waals surface area contributed by atoms with Crippen LogP contribution in [-0.2, 0) is 10.8 Å². The Kier molecular flexibility index (Phi) is 8.39. The fourth-order valence-corrected chi connectivity index (χ4v) is 8.18. The molecule has 0 bridgehead atoms. The summed E-state index contributed by atoms with van der Waals surface area (Å²) in [4.78, 5) is 2.48. The van der Waals surface area contributed by atoms with Crippen LogP contribution >= 0.6 is 11.6 Å². The molecule has 0 N–H and O–H groups in total. The van der Waals surface area contributed by atoms with Gasteiger partial charge in [-0.3, -0.25) is 0 Å². The van der Waals surface area contributed by atoms with Crippen molar-refractivity contribution >= 4 is 45.5 Å². The number of allylic oxidation sites excluding steroid dienone is 11. The Bertz CT molecular complexity index is 1890. The molecule has 0 unspecified atom stereocenters. The lowest BCUT2D eigenvalue weighted by atomic mass is 9.78. The second-order valence-electron chi connectivity index (χ2n) is 13.5. The van der Waals surface area contributed by atoms with Gasteiger partial charge in [0, 0.05) is 46.1 Å². The first kappa shape index (κ1) is 31.1. The zero-order valence-corrected chi connectivity index (χ0v) is 28.7. The summed E-state index contributed by atoms with van der Waals surface area (Å²) in [7, 11) is 2.19. The standard InChI is InChI=1S/C42H46ClN2/c1-8-10-11-17-30-18-15-22-34-38(30)41(3,4)36(44(34)7)27-24-31-19-14-20-32(40(31)43)25-28-37-42(5,6)39-33-21-13-12-16-29(33)23-26-35(39)45(37)9-2/h8,10-13,15-18,21-28H,9,14,19-20H2,1-7H3/q+1/b10-8-,17-11-. The van der Waals surface area contributed by atoms with Crippen LogP contribution in [-0.4, -0.2) is 23.9 Å². The van der Waals surface area contributed by atoms with Crippen LogP contribution in [0.25, 0.3) is 16.8 Å². The van der Waals surface area contributed by atoms with Crippen LogP contribution in [0.4, 0.5) is 11.4 Å². The number of anilines is 1. The highest BCUT2D eigenvalue weighted by Gasteiger charge is 2.44. The summed E-state index contributed by atoms with van der Waals surface area (Å²) in [5, 5.41) is 3.55. The Morgan fingerprint density at radius 3 is 2.42 bits per heavy atom. The summed E-state index contributed by atoms with van der Waals surface area (Å²) in [6, 6.07) is 19.9. The van der Waals surface area contributed by atoms with E-state index in [1.165, 1.54) is 61.4 Å². The topological polar surface area (TPSA) is 6.25 Å². The van der Waals surface area contributed by atoms with E-state index in [9.17, 15) is 0 Å². The molecule has 2 heterocycles. The van der Waals surface area contributed by atoms with Crippen molar-refractivity contribution < 1.29 is 4.58 Å². The van der Waals surface area contributed by atoms with Crippen molar-refractivity contribution in [3.8, 4) is 0 Å². The summed E-state index contributed by atoms with van der Waals surface area (Å²) in [5.41, 5.74) is 11.5. The minimum Gasteiger partial charge on any atom is -0.344 e. The average molecular weight is 614 g/mol. The fourth-order valence-electron chi connectivity index (χ4n) is 7.87. The van der Waals surface area contributed by atoms with Gasteiger partial charge < -0.3 is 4.90 Å². The van der Waals surface area contributed by atoms with Crippen LogP contribution in [0.1, 0.15) is 77.5 Å². The van der Waals surface area contributed by atoms with Gasteiger partial charge in [-0.15, -0.1) is 0 Å². The van der Waals surface area contributed by atoms with E-state index in [1.54, 1.807) is 0 Å². The van der Waals surface area contributed by atoms with Gasteiger partial charge in [-0.1, -0.05) is 104 Å². The number of hydrogen-bond acceptors (Lipinski definition) is 1. The molecule has 2 nitrogen and oxygen atoms in total. The molecule has 3 aliphatic rings. The molecule has 0 atom stereocenters. The van der Waals surface area contributed by atoms with Crippen LogP contribution < -0.4 is 4.90 Å². The molecule has 3 aromatic rings. The molecule has 6 rings (SSSR count). The molecule has 0 saturated carbocycles. The maximum absolute atomic E-state index is 7.20. The van der Waals surface area contributed by atoms with Crippen LogP contribution in [0, 0.1) is 0 Å². The maximum Gasteiger partial charge on any atom is 0.210 e. The van der Waals surface area contributed by atoms with E-state index in [0.717, 1.165) is 30.8 Å². The smallest absolute Gasteiger partial charge is 0.210 e. The van der Waals surface area contributed by atoms with Crippen molar-refractivity contribution in [1.29, 1.82) is 0 Å². The highest BCUT2D eigenvalue weighted by molar-refractivity contribution is 6.32. The van der Waals surface area contributed by atoms with E-state index in [2.05, 4.69) is 154 Å². The molecule has 3 aromatic carbocycles. The van der Waals surface area contributed by atoms with Gasteiger partial charge in [-0.25, -0.2) is 0 Å². The first-order chi connectivity index (χ1) is 21.6. The molecule has 0 radical (unpaired) electrons. The Balaban J connectivity index is 1.33. The zero-order valence-electron chi connectivity index (χ0n) is 27.9. The van der Waals surface area contributed by atoms with Gasteiger partial charge in [0.15, 0.2) is 5.71 Å². The first-order valence-corrected chi connectivity index (χ1v) is 16.8. The largest absolute Gasteiger partial charge is 0.344 e. The van der Waals surface area contributed by atoms with Crippen LogP contribution in [0.5, 0.6) is 0 Å². The fraction of sp³-hybridized carbons (Fsp3) is 0.310. The van der Waals surface area contributed by atoms with E-state index in [0.29, 0.717) is 0 Å². The number of halogens is 1. The van der Waals surface area contributed by atoms with Gasteiger partial charge in [-0.2, -0.15) is 4.58 Å². The molecule has 230 valence electrons. The van der Waals surface area contributed by atoms with E-state index in [4.69, 9.17) is 11.6 Å². The molecule has 0 spiro atoms. The van der Waals surface area contributed by atoms with Gasteiger partial charge in [0.25, 0.3) is 0 Å². The lowest BCUT2D eigenvalue weighted by Crippen LogP contribution is -2.27. The Morgan fingerprint density at radius 1 is 0.844 bits per heavy atom. The quantitative estimate of drug-likeness (QED) is 0.198. The van der Waals surface area contributed by atoms with Crippen LogP contribution in [0.2, 0.25) is 0 Å². The Labute approximate surface area is 275 Å². The van der Waals surface area contributed by atoms with Crippen molar-refractivity contribution in [2.24, 2.45) is 0 Å². The molecule has 3 heteroatoms. The van der Waals surface area contributed by atoms with Gasteiger partial charge in [0.2, 0.25) is 5.69 Å².